The van der Waals surface area contributed by atoms with Gasteiger partial charge in [0.05, 0.1) is 0 Å². The van der Waals surface area contributed by atoms with Crippen LogP contribution in [0, 0.1) is 6.92 Å². The van der Waals surface area contributed by atoms with E-state index in [2.05, 4.69) is 14.7 Å². The second-order valence-electron chi connectivity index (χ2n) is 6.76. The molecule has 4 rings (SSSR count). The Bertz CT molecular complexity index is 1250. The number of hydrogen-bond acceptors (Lipinski definition) is 4. The summed E-state index contributed by atoms with van der Waals surface area (Å²) in [5, 5.41) is 0. The Hall–Kier alpha value is -3.94. The van der Waals surface area contributed by atoms with E-state index in [4.69, 9.17) is 0 Å². The third-order valence-corrected chi connectivity index (χ3v) is 4.61. The molecule has 4 aromatic rings. The molecular formula is C23H16F3N3O2. The number of halogens is 3. The van der Waals surface area contributed by atoms with Gasteiger partial charge in [-0.15, -0.1) is 13.2 Å². The van der Waals surface area contributed by atoms with Gasteiger partial charge in [0.1, 0.15) is 23.5 Å². The van der Waals surface area contributed by atoms with Crippen molar-refractivity contribution in [3.05, 3.63) is 96.3 Å². The van der Waals surface area contributed by atoms with E-state index in [0.717, 1.165) is 5.56 Å². The van der Waals surface area contributed by atoms with Gasteiger partial charge in [-0.25, -0.2) is 4.98 Å². The molecule has 156 valence electrons. The average Bonchev–Trinajstić information content (AvgIpc) is 3.23. The van der Waals surface area contributed by atoms with Crippen molar-refractivity contribution in [1.29, 1.82) is 0 Å². The normalized spacial score (nSPS) is 11.4. The number of hydrogen-bond donors (Lipinski definition) is 0. The topological polar surface area (TPSA) is 57.0 Å². The zero-order valence-corrected chi connectivity index (χ0v) is 16.3. The van der Waals surface area contributed by atoms with Gasteiger partial charge in [-0.2, -0.15) is 0 Å². The SMILES string of the molecule is Cc1cccnc1C(=O)c1cn(-c2cccc(-c3ccccc3OC(F)(F)F)c2)cn1. The van der Waals surface area contributed by atoms with E-state index in [9.17, 15) is 18.0 Å². The van der Waals surface area contributed by atoms with E-state index < -0.39 is 6.36 Å². The molecule has 0 amide bonds. The summed E-state index contributed by atoms with van der Waals surface area (Å²) in [6.45, 7) is 1.79. The molecule has 0 saturated carbocycles. The molecule has 0 saturated heterocycles. The predicted octanol–water partition coefficient (Wildman–Crippen LogP) is 5.37. The van der Waals surface area contributed by atoms with E-state index in [1.165, 1.54) is 18.5 Å². The van der Waals surface area contributed by atoms with Crippen LogP contribution in [0.25, 0.3) is 16.8 Å². The molecule has 0 bridgehead atoms. The second-order valence-corrected chi connectivity index (χ2v) is 6.76. The highest BCUT2D eigenvalue weighted by Gasteiger charge is 2.32. The highest BCUT2D eigenvalue weighted by atomic mass is 19.4. The minimum Gasteiger partial charge on any atom is -0.405 e. The van der Waals surface area contributed by atoms with Gasteiger partial charge in [0.25, 0.3) is 0 Å². The van der Waals surface area contributed by atoms with E-state index in [0.29, 0.717) is 22.5 Å². The number of aromatic nitrogens is 3. The van der Waals surface area contributed by atoms with Crippen LogP contribution in [0.2, 0.25) is 0 Å². The first-order valence-corrected chi connectivity index (χ1v) is 9.28. The zero-order valence-electron chi connectivity index (χ0n) is 16.3. The van der Waals surface area contributed by atoms with Crippen molar-refractivity contribution in [3.63, 3.8) is 0 Å². The summed E-state index contributed by atoms with van der Waals surface area (Å²) in [7, 11) is 0. The van der Waals surface area contributed by atoms with Crippen LogP contribution in [0.1, 0.15) is 21.7 Å². The van der Waals surface area contributed by atoms with Crippen LogP contribution >= 0.6 is 0 Å². The number of nitrogens with zero attached hydrogens (tertiary/aromatic N) is 3. The number of ketones is 1. The Balaban J connectivity index is 1.67. The van der Waals surface area contributed by atoms with Gasteiger partial charge in [0, 0.05) is 23.6 Å². The smallest absolute Gasteiger partial charge is 0.405 e. The number of aryl methyl sites for hydroxylation is 1. The number of carbonyl (C=O) groups is 1. The largest absolute Gasteiger partial charge is 0.573 e. The molecule has 0 radical (unpaired) electrons. The summed E-state index contributed by atoms with van der Waals surface area (Å²) in [6.07, 6.45) is -0.214. The molecule has 0 N–H and O–H groups in total. The van der Waals surface area contributed by atoms with Gasteiger partial charge in [-0.05, 0) is 42.3 Å². The van der Waals surface area contributed by atoms with Crippen molar-refractivity contribution < 1.29 is 22.7 Å². The number of para-hydroxylation sites is 1. The van der Waals surface area contributed by atoms with Gasteiger partial charge < -0.3 is 9.30 Å². The number of carbonyl (C=O) groups excluding carboxylic acids is 1. The lowest BCUT2D eigenvalue weighted by atomic mass is 10.0. The van der Waals surface area contributed by atoms with Crippen LogP contribution in [0.5, 0.6) is 5.75 Å². The summed E-state index contributed by atoms with van der Waals surface area (Å²) in [4.78, 5) is 21.0. The summed E-state index contributed by atoms with van der Waals surface area (Å²) in [5.41, 5.74) is 2.73. The Morgan fingerprint density at radius 1 is 1.00 bits per heavy atom. The van der Waals surface area contributed by atoms with E-state index in [1.807, 2.05) is 0 Å². The van der Waals surface area contributed by atoms with Gasteiger partial charge in [0.15, 0.2) is 0 Å². The quantitative estimate of drug-likeness (QED) is 0.405. The highest BCUT2D eigenvalue weighted by molar-refractivity contribution is 6.07. The van der Waals surface area contributed by atoms with Crippen LogP contribution in [0.15, 0.2) is 79.4 Å². The maximum atomic E-state index is 12.8. The fraction of sp³-hybridized carbons (Fsp3) is 0.0870. The molecule has 0 atom stereocenters. The summed E-state index contributed by atoms with van der Waals surface area (Å²) < 4.78 is 44.1. The highest BCUT2D eigenvalue weighted by Crippen LogP contribution is 2.34. The third kappa shape index (κ3) is 4.48. The number of benzene rings is 2. The number of ether oxygens (including phenoxy) is 1. The summed E-state index contributed by atoms with van der Waals surface area (Å²) in [5.74, 6) is -0.601. The number of pyridine rings is 1. The van der Waals surface area contributed by atoms with E-state index in [1.54, 1.807) is 72.4 Å². The molecule has 0 spiro atoms. The number of alkyl halides is 3. The van der Waals surface area contributed by atoms with Crippen LogP contribution in [-0.2, 0) is 0 Å². The molecule has 5 nitrogen and oxygen atoms in total. The second kappa shape index (κ2) is 8.06. The van der Waals surface area contributed by atoms with E-state index in [-0.39, 0.29) is 17.2 Å². The standard InChI is InChI=1S/C23H16F3N3O2/c1-15-6-5-11-27-21(15)22(30)19-13-29(14-28-19)17-8-4-7-16(12-17)18-9-2-3-10-20(18)31-23(24,25)26/h2-14H,1H3. The fourth-order valence-electron chi connectivity index (χ4n) is 3.18. The minimum absolute atomic E-state index is 0.216. The van der Waals surface area contributed by atoms with Crippen LogP contribution < -0.4 is 4.74 Å². The van der Waals surface area contributed by atoms with Crippen molar-refractivity contribution in [3.8, 4) is 22.6 Å². The lowest BCUT2D eigenvalue weighted by molar-refractivity contribution is -0.274. The van der Waals surface area contributed by atoms with Crippen molar-refractivity contribution in [2.24, 2.45) is 0 Å². The molecule has 8 heteroatoms. The van der Waals surface area contributed by atoms with Gasteiger partial charge in [0.2, 0.25) is 5.78 Å². The van der Waals surface area contributed by atoms with Gasteiger partial charge in [-0.1, -0.05) is 36.4 Å². The molecule has 0 unspecified atom stereocenters. The number of rotatable bonds is 5. The predicted molar refractivity (Wildman–Crippen MR) is 108 cm³/mol. The molecule has 0 fully saturated rings. The monoisotopic (exact) mass is 423 g/mol. The first kappa shape index (κ1) is 20.3. The molecule has 0 aliphatic heterocycles. The Morgan fingerprint density at radius 2 is 1.81 bits per heavy atom. The zero-order chi connectivity index (χ0) is 22.0. The summed E-state index contributed by atoms with van der Waals surface area (Å²) >= 11 is 0. The first-order chi connectivity index (χ1) is 14.8. The average molecular weight is 423 g/mol. The minimum atomic E-state index is -4.79. The van der Waals surface area contributed by atoms with Crippen molar-refractivity contribution >= 4 is 5.78 Å². The Labute approximate surface area is 175 Å². The number of imidazole rings is 1. The molecule has 2 heterocycles. The third-order valence-electron chi connectivity index (χ3n) is 4.61. The van der Waals surface area contributed by atoms with Crippen molar-refractivity contribution in [2.45, 2.75) is 13.3 Å². The van der Waals surface area contributed by atoms with Crippen LogP contribution in [-0.4, -0.2) is 26.7 Å². The van der Waals surface area contributed by atoms with E-state index >= 15 is 0 Å². The molecule has 0 aliphatic carbocycles. The Kier molecular flexibility index (Phi) is 5.29. The summed E-state index contributed by atoms with van der Waals surface area (Å²) in [6, 6.07) is 16.3. The lowest BCUT2D eigenvalue weighted by Crippen LogP contribution is -2.17. The van der Waals surface area contributed by atoms with Crippen LogP contribution in [0.4, 0.5) is 13.2 Å². The molecule has 31 heavy (non-hydrogen) atoms. The lowest BCUT2D eigenvalue weighted by Gasteiger charge is -2.14. The molecular weight excluding hydrogens is 407 g/mol. The van der Waals surface area contributed by atoms with Gasteiger partial charge in [-0.3, -0.25) is 9.78 Å². The Morgan fingerprint density at radius 3 is 2.58 bits per heavy atom. The van der Waals surface area contributed by atoms with Crippen molar-refractivity contribution in [2.75, 3.05) is 0 Å². The first-order valence-electron chi connectivity index (χ1n) is 9.28. The molecule has 0 aliphatic rings. The molecule has 2 aromatic heterocycles. The van der Waals surface area contributed by atoms with Gasteiger partial charge >= 0.3 is 6.36 Å². The van der Waals surface area contributed by atoms with Crippen LogP contribution in [0.3, 0.4) is 0 Å². The van der Waals surface area contributed by atoms with Crippen molar-refractivity contribution in [1.82, 2.24) is 14.5 Å². The maximum absolute atomic E-state index is 12.8. The molecule has 2 aromatic carbocycles. The maximum Gasteiger partial charge on any atom is 0.573 e. The fourth-order valence-corrected chi connectivity index (χ4v) is 3.18.